The number of anilines is 1. The number of nitrogens with one attached hydrogen (secondary N) is 1. The number of rotatable bonds is 7. The molecule has 3 aliphatic heterocycles. The van der Waals surface area contributed by atoms with E-state index in [0.29, 0.717) is 31.2 Å². The van der Waals surface area contributed by atoms with Crippen molar-refractivity contribution >= 4 is 33.4 Å². The van der Waals surface area contributed by atoms with E-state index < -0.39 is 10.0 Å². The van der Waals surface area contributed by atoms with Gasteiger partial charge in [-0.25, -0.2) is 8.42 Å². The van der Waals surface area contributed by atoms with Crippen LogP contribution in [0.15, 0.2) is 28.0 Å². The second kappa shape index (κ2) is 11.0. The molecule has 33 heavy (non-hydrogen) atoms. The first-order chi connectivity index (χ1) is 15.8. The van der Waals surface area contributed by atoms with Gasteiger partial charge in [-0.2, -0.15) is 4.31 Å². The highest BCUT2D eigenvalue weighted by Gasteiger charge is 2.31. The first-order valence-corrected chi connectivity index (χ1v) is 14.3. The predicted octanol–water partition coefficient (Wildman–Crippen LogP) is 2.32. The smallest absolute Gasteiger partial charge is 0.243 e. The number of amides is 1. The van der Waals surface area contributed by atoms with Crippen LogP contribution in [0.2, 0.25) is 0 Å². The summed E-state index contributed by atoms with van der Waals surface area (Å²) >= 11 is 1.60. The number of carbonyl (C=O) groups is 1. The quantitative estimate of drug-likeness (QED) is 0.620. The molecule has 0 bridgehead atoms. The van der Waals surface area contributed by atoms with Crippen LogP contribution in [0, 0.1) is 0 Å². The zero-order valence-electron chi connectivity index (χ0n) is 19.7. The van der Waals surface area contributed by atoms with E-state index in [1.54, 1.807) is 28.2 Å². The predicted molar refractivity (Wildman–Crippen MR) is 131 cm³/mol. The summed E-state index contributed by atoms with van der Waals surface area (Å²) in [5.41, 5.74) is 0.602. The maximum Gasteiger partial charge on any atom is 0.243 e. The molecule has 184 valence electrons. The Morgan fingerprint density at radius 1 is 1.18 bits per heavy atom. The van der Waals surface area contributed by atoms with E-state index in [2.05, 4.69) is 22.2 Å². The van der Waals surface area contributed by atoms with Crippen LogP contribution < -0.4 is 5.32 Å². The Bertz CT molecular complexity index is 928. The molecule has 3 aliphatic rings. The van der Waals surface area contributed by atoms with E-state index in [4.69, 9.17) is 4.74 Å². The van der Waals surface area contributed by atoms with E-state index in [-0.39, 0.29) is 16.1 Å². The van der Waals surface area contributed by atoms with E-state index in [1.807, 2.05) is 13.0 Å². The molecule has 4 rings (SSSR count). The highest BCUT2D eigenvalue weighted by Crippen LogP contribution is 2.37. The van der Waals surface area contributed by atoms with Crippen LogP contribution in [0.1, 0.15) is 32.6 Å². The first-order valence-electron chi connectivity index (χ1n) is 11.9. The second-order valence-corrected chi connectivity index (χ2v) is 12.7. The van der Waals surface area contributed by atoms with Crippen molar-refractivity contribution in [2.24, 2.45) is 0 Å². The molecule has 2 saturated heterocycles. The number of sulfonamides is 1. The van der Waals surface area contributed by atoms with Crippen molar-refractivity contribution in [1.82, 2.24) is 14.1 Å². The molecule has 1 aromatic rings. The molecule has 0 aromatic heterocycles. The summed E-state index contributed by atoms with van der Waals surface area (Å²) in [7, 11) is -1.43. The fourth-order valence-corrected chi connectivity index (χ4v) is 7.36. The van der Waals surface area contributed by atoms with Crippen molar-refractivity contribution in [2.45, 2.75) is 53.7 Å². The van der Waals surface area contributed by atoms with E-state index in [0.717, 1.165) is 63.6 Å². The summed E-state index contributed by atoms with van der Waals surface area (Å²) < 4.78 is 33.6. The minimum atomic E-state index is -3.58. The Balaban J connectivity index is 1.31. The molecule has 0 spiro atoms. The van der Waals surface area contributed by atoms with Crippen LogP contribution in [0.5, 0.6) is 0 Å². The highest BCUT2D eigenvalue weighted by atomic mass is 32.2. The van der Waals surface area contributed by atoms with Crippen LogP contribution in [-0.4, -0.2) is 99.3 Å². The Morgan fingerprint density at radius 2 is 1.91 bits per heavy atom. The number of carbonyl (C=O) groups excluding carboxylic acids is 1. The lowest BCUT2D eigenvalue weighted by Gasteiger charge is -2.36. The lowest BCUT2D eigenvalue weighted by Crippen LogP contribution is -2.46. The lowest BCUT2D eigenvalue weighted by atomic mass is 10.1. The molecule has 1 atom stereocenters. The molecule has 10 heteroatoms. The van der Waals surface area contributed by atoms with Gasteiger partial charge in [-0.15, -0.1) is 11.8 Å². The lowest BCUT2D eigenvalue weighted by molar-refractivity contribution is -0.116. The normalized spacial score (nSPS) is 23.8. The Hall–Kier alpha value is -1.17. The van der Waals surface area contributed by atoms with Crippen molar-refractivity contribution in [2.75, 3.05) is 64.8 Å². The Labute approximate surface area is 202 Å². The van der Waals surface area contributed by atoms with Gasteiger partial charge in [-0.3, -0.25) is 9.69 Å². The highest BCUT2D eigenvalue weighted by molar-refractivity contribution is 8.00. The van der Waals surface area contributed by atoms with Gasteiger partial charge in [0.15, 0.2) is 0 Å². The SMILES string of the molecule is CC1CC(=O)Nc2cc(S(=O)(=O)N3CCC(N(C)CCCN4CCOCC4)CC3)ccc2S1. The summed E-state index contributed by atoms with van der Waals surface area (Å²) in [6, 6.07) is 5.53. The molecular formula is C23H36N4O4S2. The van der Waals surface area contributed by atoms with Crippen molar-refractivity contribution < 1.29 is 17.9 Å². The molecule has 1 amide bonds. The summed E-state index contributed by atoms with van der Waals surface area (Å²) in [5, 5.41) is 3.04. The average Bonchev–Trinajstić information content (AvgIpc) is 2.95. The second-order valence-electron chi connectivity index (χ2n) is 9.26. The van der Waals surface area contributed by atoms with Crippen LogP contribution in [-0.2, 0) is 19.6 Å². The fourth-order valence-electron chi connectivity index (χ4n) is 4.81. The van der Waals surface area contributed by atoms with E-state index >= 15 is 0 Å². The van der Waals surface area contributed by atoms with Gasteiger partial charge < -0.3 is 15.0 Å². The van der Waals surface area contributed by atoms with Crippen LogP contribution >= 0.6 is 11.8 Å². The maximum absolute atomic E-state index is 13.3. The van der Waals surface area contributed by atoms with Gasteiger partial charge in [0.05, 0.1) is 23.8 Å². The summed E-state index contributed by atoms with van der Waals surface area (Å²) in [5.74, 6) is -0.0687. The summed E-state index contributed by atoms with van der Waals surface area (Å²) in [6.45, 7) is 8.87. The number of nitrogens with zero attached hydrogens (tertiary/aromatic N) is 3. The molecule has 1 aromatic carbocycles. The number of hydrogen-bond acceptors (Lipinski definition) is 7. The van der Waals surface area contributed by atoms with Crippen molar-refractivity contribution in [3.63, 3.8) is 0 Å². The zero-order valence-corrected chi connectivity index (χ0v) is 21.3. The minimum absolute atomic E-state index is 0.0687. The number of ether oxygens (including phenoxy) is 1. The van der Waals surface area contributed by atoms with Gasteiger partial charge in [-0.1, -0.05) is 6.92 Å². The number of hydrogen-bond donors (Lipinski definition) is 1. The van der Waals surface area contributed by atoms with E-state index in [1.165, 1.54) is 0 Å². The Morgan fingerprint density at radius 3 is 2.64 bits per heavy atom. The van der Waals surface area contributed by atoms with Crippen LogP contribution in [0.4, 0.5) is 5.69 Å². The van der Waals surface area contributed by atoms with Crippen molar-refractivity contribution in [3.05, 3.63) is 18.2 Å². The topological polar surface area (TPSA) is 82.2 Å². The molecule has 2 fully saturated rings. The average molecular weight is 497 g/mol. The van der Waals surface area contributed by atoms with Gasteiger partial charge >= 0.3 is 0 Å². The number of fused-ring (bicyclic) bond motifs is 1. The standard InChI is InChI=1S/C23H36N4O4S2/c1-18-16-23(28)24-21-17-20(4-5-22(21)32-18)33(29,30)27-10-6-19(7-11-27)25(2)8-3-9-26-12-14-31-15-13-26/h4-5,17-19H,3,6-16H2,1-2H3,(H,24,28). The first kappa shape index (κ1) is 24.9. The Kier molecular flexibility index (Phi) is 8.35. The van der Waals surface area contributed by atoms with Crippen molar-refractivity contribution in [3.8, 4) is 0 Å². The number of benzene rings is 1. The molecule has 1 unspecified atom stereocenters. The summed E-state index contributed by atoms with van der Waals surface area (Å²) in [4.78, 5) is 18.1. The molecule has 0 aliphatic carbocycles. The van der Waals surface area contributed by atoms with Gasteiger partial charge in [0, 0.05) is 48.8 Å². The molecule has 1 N–H and O–H groups in total. The van der Waals surface area contributed by atoms with Crippen molar-refractivity contribution in [1.29, 1.82) is 0 Å². The third-order valence-corrected chi connectivity index (χ3v) is 9.87. The number of piperidine rings is 1. The third kappa shape index (κ3) is 6.29. The molecule has 0 radical (unpaired) electrons. The van der Waals surface area contributed by atoms with Crippen LogP contribution in [0.3, 0.4) is 0 Å². The third-order valence-electron chi connectivity index (χ3n) is 6.80. The van der Waals surface area contributed by atoms with Gasteiger partial charge in [0.25, 0.3) is 0 Å². The van der Waals surface area contributed by atoms with Crippen LogP contribution in [0.25, 0.3) is 0 Å². The van der Waals surface area contributed by atoms with Gasteiger partial charge in [0.1, 0.15) is 0 Å². The summed E-state index contributed by atoms with van der Waals surface area (Å²) in [6.07, 6.45) is 3.21. The van der Waals surface area contributed by atoms with Gasteiger partial charge in [0.2, 0.25) is 15.9 Å². The van der Waals surface area contributed by atoms with Gasteiger partial charge in [-0.05, 0) is 57.6 Å². The molecule has 8 nitrogen and oxygen atoms in total. The zero-order chi connectivity index (χ0) is 23.4. The number of morpholine rings is 1. The monoisotopic (exact) mass is 496 g/mol. The van der Waals surface area contributed by atoms with E-state index in [9.17, 15) is 13.2 Å². The molecular weight excluding hydrogens is 460 g/mol. The number of thioether (sulfide) groups is 1. The fraction of sp³-hybridized carbons (Fsp3) is 0.696. The molecule has 0 saturated carbocycles. The molecule has 3 heterocycles. The largest absolute Gasteiger partial charge is 0.379 e. The maximum atomic E-state index is 13.3. The minimum Gasteiger partial charge on any atom is -0.379 e.